The predicted octanol–water partition coefficient (Wildman–Crippen LogP) is 3.88. The van der Waals surface area contributed by atoms with E-state index in [-0.39, 0.29) is 28.1 Å². The molecule has 1 unspecified atom stereocenters. The highest BCUT2D eigenvalue weighted by Crippen LogP contribution is 2.35. The van der Waals surface area contributed by atoms with E-state index in [0.29, 0.717) is 0 Å². The van der Waals surface area contributed by atoms with Crippen LogP contribution >= 0.6 is 22.9 Å². The van der Waals surface area contributed by atoms with Gasteiger partial charge >= 0.3 is 0 Å². The molecule has 0 aliphatic carbocycles. The third-order valence-electron chi connectivity index (χ3n) is 2.67. The molecule has 6 heteroatoms. The number of benzene rings is 1. The van der Waals surface area contributed by atoms with Crippen LogP contribution in [0.4, 0.5) is 21.5 Å². The van der Waals surface area contributed by atoms with Crippen molar-refractivity contribution in [2.75, 3.05) is 16.8 Å². The van der Waals surface area contributed by atoms with Gasteiger partial charge in [0.25, 0.3) is 0 Å². The molecule has 2 aromatic rings. The highest BCUT2D eigenvalue weighted by Gasteiger charge is 2.16. The summed E-state index contributed by atoms with van der Waals surface area (Å²) >= 11 is 7.35. The average molecular weight is 286 g/mol. The van der Waals surface area contributed by atoms with Crippen molar-refractivity contribution in [2.24, 2.45) is 0 Å². The molecular formula is C12H13ClFN3S. The molecule has 0 saturated heterocycles. The first-order valence-electron chi connectivity index (χ1n) is 5.32. The Balaban J connectivity index is 2.32. The number of hydrogen-bond acceptors (Lipinski definition) is 4. The molecule has 96 valence electrons. The van der Waals surface area contributed by atoms with E-state index < -0.39 is 5.82 Å². The standard InChI is InChI=1S/C12H13ClFN3S/c1-6(7-2-3-18-5-7)17-12-9(16)4-8(15)10(13)11(12)14/h2-6,17H,15-16H2,1H3. The van der Waals surface area contributed by atoms with Crippen molar-refractivity contribution in [2.45, 2.75) is 13.0 Å². The minimum atomic E-state index is -0.615. The Morgan fingerprint density at radius 3 is 2.72 bits per heavy atom. The zero-order valence-electron chi connectivity index (χ0n) is 9.71. The SMILES string of the molecule is CC(Nc1c(N)cc(N)c(Cl)c1F)c1ccsc1. The van der Waals surface area contributed by atoms with Gasteiger partial charge in [0.2, 0.25) is 0 Å². The van der Waals surface area contributed by atoms with Crippen LogP contribution in [0.15, 0.2) is 22.9 Å². The number of nitrogens with two attached hydrogens (primary N) is 2. The Labute approximate surface area is 114 Å². The molecule has 0 fully saturated rings. The number of nitrogen functional groups attached to an aromatic ring is 2. The maximum absolute atomic E-state index is 14.0. The minimum absolute atomic E-state index is 0.0623. The van der Waals surface area contributed by atoms with E-state index in [0.717, 1.165) is 5.56 Å². The fraction of sp³-hybridized carbons (Fsp3) is 0.167. The smallest absolute Gasteiger partial charge is 0.169 e. The van der Waals surface area contributed by atoms with Gasteiger partial charge in [0.1, 0.15) is 5.02 Å². The molecular weight excluding hydrogens is 273 g/mol. The second kappa shape index (κ2) is 5.04. The summed E-state index contributed by atoms with van der Waals surface area (Å²) in [6.07, 6.45) is 0. The van der Waals surface area contributed by atoms with Crippen LogP contribution in [-0.4, -0.2) is 0 Å². The lowest BCUT2D eigenvalue weighted by atomic mass is 10.1. The zero-order chi connectivity index (χ0) is 13.3. The van der Waals surface area contributed by atoms with E-state index in [2.05, 4.69) is 5.32 Å². The summed E-state index contributed by atoms with van der Waals surface area (Å²) in [5.74, 6) is -0.615. The van der Waals surface area contributed by atoms with E-state index in [4.69, 9.17) is 23.1 Å². The molecule has 0 spiro atoms. The average Bonchev–Trinajstić information content (AvgIpc) is 2.85. The first-order chi connectivity index (χ1) is 8.50. The molecule has 0 saturated carbocycles. The van der Waals surface area contributed by atoms with Gasteiger partial charge in [0, 0.05) is 6.04 Å². The molecule has 0 aliphatic rings. The molecule has 1 heterocycles. The minimum Gasteiger partial charge on any atom is -0.397 e. The summed E-state index contributed by atoms with van der Waals surface area (Å²) in [7, 11) is 0. The summed E-state index contributed by atoms with van der Waals surface area (Å²) in [5, 5.41) is 6.86. The van der Waals surface area contributed by atoms with Gasteiger partial charge in [-0.15, -0.1) is 0 Å². The molecule has 1 aromatic heterocycles. The normalized spacial score (nSPS) is 12.4. The highest BCUT2D eigenvalue weighted by molar-refractivity contribution is 7.08. The number of halogens is 2. The molecule has 0 amide bonds. The third-order valence-corrected chi connectivity index (χ3v) is 3.75. The van der Waals surface area contributed by atoms with Gasteiger partial charge in [-0.05, 0) is 35.4 Å². The van der Waals surface area contributed by atoms with Gasteiger partial charge in [0.05, 0.1) is 17.1 Å². The molecule has 3 nitrogen and oxygen atoms in total. The number of thiophene rings is 1. The quantitative estimate of drug-likeness (QED) is 0.750. The topological polar surface area (TPSA) is 64.1 Å². The second-order valence-corrected chi connectivity index (χ2v) is 5.14. The highest BCUT2D eigenvalue weighted by atomic mass is 35.5. The van der Waals surface area contributed by atoms with Crippen molar-refractivity contribution in [1.29, 1.82) is 0 Å². The van der Waals surface area contributed by atoms with E-state index in [1.54, 1.807) is 11.3 Å². The zero-order valence-corrected chi connectivity index (χ0v) is 11.3. The number of nitrogens with one attached hydrogen (secondary N) is 1. The van der Waals surface area contributed by atoms with Gasteiger partial charge in [-0.3, -0.25) is 0 Å². The number of rotatable bonds is 3. The Morgan fingerprint density at radius 2 is 2.11 bits per heavy atom. The number of anilines is 3. The lowest BCUT2D eigenvalue weighted by Gasteiger charge is -2.17. The molecule has 0 aliphatic heterocycles. The lowest BCUT2D eigenvalue weighted by Crippen LogP contribution is -2.10. The fourth-order valence-corrected chi connectivity index (χ4v) is 2.54. The van der Waals surface area contributed by atoms with Crippen LogP contribution in [0.1, 0.15) is 18.5 Å². The summed E-state index contributed by atoms with van der Waals surface area (Å²) < 4.78 is 14.0. The molecule has 18 heavy (non-hydrogen) atoms. The molecule has 0 bridgehead atoms. The van der Waals surface area contributed by atoms with Gasteiger partial charge in [-0.2, -0.15) is 11.3 Å². The summed E-state index contributed by atoms with van der Waals surface area (Å²) in [4.78, 5) is 0. The van der Waals surface area contributed by atoms with Crippen molar-refractivity contribution >= 4 is 40.0 Å². The largest absolute Gasteiger partial charge is 0.397 e. The first kappa shape index (κ1) is 13.0. The Kier molecular flexibility index (Phi) is 3.63. The summed E-state index contributed by atoms with van der Waals surface area (Å²) in [6, 6.07) is 3.36. The van der Waals surface area contributed by atoms with Crippen LogP contribution in [0.25, 0.3) is 0 Å². The molecule has 2 rings (SSSR count). The van der Waals surface area contributed by atoms with Gasteiger partial charge in [-0.1, -0.05) is 11.6 Å². The van der Waals surface area contributed by atoms with Crippen molar-refractivity contribution in [3.05, 3.63) is 39.3 Å². The van der Waals surface area contributed by atoms with Crippen molar-refractivity contribution in [3.8, 4) is 0 Å². The maximum Gasteiger partial charge on any atom is 0.169 e. The summed E-state index contributed by atoms with van der Waals surface area (Å²) in [5.41, 5.74) is 12.9. The van der Waals surface area contributed by atoms with Gasteiger partial charge < -0.3 is 16.8 Å². The van der Waals surface area contributed by atoms with Gasteiger partial charge in [0.15, 0.2) is 5.82 Å². The second-order valence-electron chi connectivity index (χ2n) is 3.98. The van der Waals surface area contributed by atoms with Crippen molar-refractivity contribution in [3.63, 3.8) is 0 Å². The van der Waals surface area contributed by atoms with E-state index in [9.17, 15) is 4.39 Å². The van der Waals surface area contributed by atoms with Crippen LogP contribution < -0.4 is 16.8 Å². The lowest BCUT2D eigenvalue weighted by molar-refractivity contribution is 0.629. The molecule has 1 aromatic carbocycles. The first-order valence-corrected chi connectivity index (χ1v) is 6.64. The van der Waals surface area contributed by atoms with Crippen LogP contribution in [-0.2, 0) is 0 Å². The Hall–Kier alpha value is -1.46. The number of hydrogen-bond donors (Lipinski definition) is 3. The molecule has 1 atom stereocenters. The van der Waals surface area contributed by atoms with Crippen molar-refractivity contribution in [1.82, 2.24) is 0 Å². The van der Waals surface area contributed by atoms with Crippen LogP contribution in [0.2, 0.25) is 5.02 Å². The Morgan fingerprint density at radius 1 is 1.39 bits per heavy atom. The van der Waals surface area contributed by atoms with Gasteiger partial charge in [-0.25, -0.2) is 4.39 Å². The fourth-order valence-electron chi connectivity index (χ4n) is 1.63. The van der Waals surface area contributed by atoms with Crippen molar-refractivity contribution < 1.29 is 4.39 Å². The predicted molar refractivity (Wildman–Crippen MR) is 76.6 cm³/mol. The maximum atomic E-state index is 14.0. The van der Waals surface area contributed by atoms with E-state index in [1.165, 1.54) is 6.07 Å². The van der Waals surface area contributed by atoms with E-state index >= 15 is 0 Å². The van der Waals surface area contributed by atoms with E-state index in [1.807, 2.05) is 23.8 Å². The van der Waals surface area contributed by atoms with Crippen LogP contribution in [0, 0.1) is 5.82 Å². The Bertz CT molecular complexity index is 557. The monoisotopic (exact) mass is 285 g/mol. The molecule has 0 radical (unpaired) electrons. The van der Waals surface area contributed by atoms with Crippen LogP contribution in [0.5, 0.6) is 0 Å². The summed E-state index contributed by atoms with van der Waals surface area (Å²) in [6.45, 7) is 1.92. The molecule has 5 N–H and O–H groups in total. The van der Waals surface area contributed by atoms with Crippen LogP contribution in [0.3, 0.4) is 0 Å². The third kappa shape index (κ3) is 2.37.